The number of hydrogen-bond acceptors (Lipinski definition) is 4. The predicted octanol–water partition coefficient (Wildman–Crippen LogP) is 2.32. The zero-order chi connectivity index (χ0) is 14.8. The topological polar surface area (TPSA) is 59.0 Å². The Morgan fingerprint density at radius 2 is 2.05 bits per heavy atom. The molecule has 0 bridgehead atoms. The second-order valence-corrected chi connectivity index (χ2v) is 5.39. The van der Waals surface area contributed by atoms with Gasteiger partial charge in [-0.2, -0.15) is 0 Å². The van der Waals surface area contributed by atoms with E-state index in [-0.39, 0.29) is 6.04 Å². The molecule has 1 atom stereocenters. The third-order valence-electron chi connectivity index (χ3n) is 4.08. The molecule has 0 aromatic heterocycles. The van der Waals surface area contributed by atoms with Gasteiger partial charge in [0.15, 0.2) is 0 Å². The number of ether oxygens (including phenoxy) is 2. The van der Waals surface area contributed by atoms with Crippen LogP contribution in [0.4, 0.5) is 4.79 Å². The van der Waals surface area contributed by atoms with Crippen LogP contribution in [0, 0.1) is 0 Å². The van der Waals surface area contributed by atoms with Gasteiger partial charge in [-0.05, 0) is 24.5 Å². The lowest BCUT2D eigenvalue weighted by Crippen LogP contribution is -2.40. The third-order valence-corrected chi connectivity index (χ3v) is 4.08. The van der Waals surface area contributed by atoms with Crippen molar-refractivity contribution in [1.82, 2.24) is 4.90 Å². The summed E-state index contributed by atoms with van der Waals surface area (Å²) in [5.41, 5.74) is 1.55. The number of aliphatic hydroxyl groups excluding tert-OH is 1. The minimum atomic E-state index is -0.711. The van der Waals surface area contributed by atoms with Crippen molar-refractivity contribution in [3.05, 3.63) is 41.5 Å². The van der Waals surface area contributed by atoms with Crippen molar-refractivity contribution in [2.45, 2.75) is 25.0 Å². The van der Waals surface area contributed by atoms with Gasteiger partial charge in [-0.3, -0.25) is 0 Å². The molecule has 1 aromatic carbocycles. The lowest BCUT2D eigenvalue weighted by molar-refractivity contribution is 0.0436. The first-order valence-electron chi connectivity index (χ1n) is 7.18. The van der Waals surface area contributed by atoms with Crippen molar-refractivity contribution in [3.63, 3.8) is 0 Å². The van der Waals surface area contributed by atoms with Crippen molar-refractivity contribution in [2.75, 3.05) is 20.3 Å². The van der Waals surface area contributed by atoms with Gasteiger partial charge in [0.1, 0.15) is 11.9 Å². The van der Waals surface area contributed by atoms with Crippen molar-refractivity contribution in [2.24, 2.45) is 0 Å². The zero-order valence-electron chi connectivity index (χ0n) is 12.0. The van der Waals surface area contributed by atoms with Gasteiger partial charge in [0.2, 0.25) is 0 Å². The number of carbonyl (C=O) groups is 1. The fourth-order valence-corrected chi connectivity index (χ4v) is 2.78. The van der Waals surface area contributed by atoms with Crippen LogP contribution in [0.1, 0.15) is 30.1 Å². The standard InChI is InChI=1S/C16H19NO4/c1-17(11-6-8-20-9-7-11)16(19)21-15-10-14(18)12-4-2-3-5-13(12)15/h2-5,10-11,14,18H,6-9H2,1H3. The molecule has 0 saturated carbocycles. The second kappa shape index (κ2) is 5.87. The van der Waals surface area contributed by atoms with E-state index in [1.165, 1.54) is 0 Å². The number of aliphatic hydroxyl groups is 1. The molecule has 1 aliphatic heterocycles. The van der Waals surface area contributed by atoms with Crippen molar-refractivity contribution in [3.8, 4) is 0 Å². The van der Waals surface area contributed by atoms with E-state index in [2.05, 4.69) is 0 Å². The smallest absolute Gasteiger partial charge is 0.410 e. The molecule has 1 unspecified atom stereocenters. The predicted molar refractivity (Wildman–Crippen MR) is 77.5 cm³/mol. The summed E-state index contributed by atoms with van der Waals surface area (Å²) in [7, 11) is 1.75. The van der Waals surface area contributed by atoms with Crippen LogP contribution in [0.2, 0.25) is 0 Å². The Bertz CT molecular complexity index is 563. The Labute approximate surface area is 123 Å². The zero-order valence-corrected chi connectivity index (χ0v) is 12.0. The van der Waals surface area contributed by atoms with Gasteiger partial charge in [-0.15, -0.1) is 0 Å². The molecule has 5 heteroatoms. The number of amides is 1. The maximum atomic E-state index is 12.3. The van der Waals surface area contributed by atoms with Crippen LogP contribution in [-0.4, -0.2) is 42.4 Å². The maximum Gasteiger partial charge on any atom is 0.415 e. The Hall–Kier alpha value is -1.85. The molecule has 21 heavy (non-hydrogen) atoms. The number of benzene rings is 1. The molecule has 1 aromatic rings. The summed E-state index contributed by atoms with van der Waals surface area (Å²) < 4.78 is 10.8. The summed E-state index contributed by atoms with van der Waals surface area (Å²) in [5.74, 6) is 0.432. The van der Waals surface area contributed by atoms with E-state index in [4.69, 9.17) is 9.47 Å². The SMILES string of the molecule is CN(C(=O)OC1=CC(O)c2ccccc21)C1CCOCC1. The Balaban J connectivity index is 1.69. The van der Waals surface area contributed by atoms with Crippen LogP contribution in [-0.2, 0) is 9.47 Å². The summed E-state index contributed by atoms with van der Waals surface area (Å²) in [4.78, 5) is 13.9. The van der Waals surface area contributed by atoms with E-state index in [1.54, 1.807) is 18.0 Å². The lowest BCUT2D eigenvalue weighted by atomic mass is 10.1. The van der Waals surface area contributed by atoms with E-state index in [9.17, 15) is 9.90 Å². The third kappa shape index (κ3) is 2.80. The highest BCUT2D eigenvalue weighted by Crippen LogP contribution is 2.35. The second-order valence-electron chi connectivity index (χ2n) is 5.39. The average Bonchev–Trinajstić information content (AvgIpc) is 2.84. The lowest BCUT2D eigenvalue weighted by Gasteiger charge is -2.30. The fourth-order valence-electron chi connectivity index (χ4n) is 2.78. The molecule has 0 spiro atoms. The molecule has 2 aliphatic rings. The van der Waals surface area contributed by atoms with E-state index in [0.717, 1.165) is 24.0 Å². The minimum absolute atomic E-state index is 0.147. The van der Waals surface area contributed by atoms with Gasteiger partial charge >= 0.3 is 6.09 Å². The first-order valence-corrected chi connectivity index (χ1v) is 7.18. The highest BCUT2D eigenvalue weighted by molar-refractivity contribution is 5.80. The highest BCUT2D eigenvalue weighted by atomic mass is 16.6. The normalized spacial score (nSPS) is 21.6. The van der Waals surface area contributed by atoms with E-state index >= 15 is 0 Å². The van der Waals surface area contributed by atoms with Gasteiger partial charge in [0.25, 0.3) is 0 Å². The summed E-state index contributed by atoms with van der Waals surface area (Å²) in [5, 5.41) is 9.95. The fraction of sp³-hybridized carbons (Fsp3) is 0.438. The molecule has 1 heterocycles. The van der Waals surface area contributed by atoms with E-state index < -0.39 is 12.2 Å². The van der Waals surface area contributed by atoms with Gasteiger partial charge in [0, 0.05) is 31.9 Å². The first kappa shape index (κ1) is 14.1. The summed E-state index contributed by atoms with van der Waals surface area (Å²) in [6.45, 7) is 1.35. The summed E-state index contributed by atoms with van der Waals surface area (Å²) >= 11 is 0. The average molecular weight is 289 g/mol. The van der Waals surface area contributed by atoms with Gasteiger partial charge in [-0.1, -0.05) is 24.3 Å². The van der Waals surface area contributed by atoms with Gasteiger partial charge in [-0.25, -0.2) is 4.79 Å². The van der Waals surface area contributed by atoms with Crippen LogP contribution in [0.5, 0.6) is 0 Å². The maximum absolute atomic E-state index is 12.3. The van der Waals surface area contributed by atoms with Crippen LogP contribution >= 0.6 is 0 Å². The summed E-state index contributed by atoms with van der Waals surface area (Å²) in [6.07, 6.45) is 2.11. The molecule has 1 aliphatic carbocycles. The molecule has 1 N–H and O–H groups in total. The summed E-state index contributed by atoms with van der Waals surface area (Å²) in [6, 6.07) is 7.54. The number of hydrogen-bond donors (Lipinski definition) is 1. The Morgan fingerprint density at radius 1 is 1.33 bits per heavy atom. The van der Waals surface area contributed by atoms with Crippen LogP contribution in [0.3, 0.4) is 0 Å². The minimum Gasteiger partial charge on any atom is -0.410 e. The molecule has 1 saturated heterocycles. The number of nitrogens with zero attached hydrogens (tertiary/aromatic N) is 1. The molecule has 112 valence electrons. The monoisotopic (exact) mass is 289 g/mol. The quantitative estimate of drug-likeness (QED) is 0.907. The highest BCUT2D eigenvalue weighted by Gasteiger charge is 2.28. The molecule has 1 amide bonds. The Kier molecular flexibility index (Phi) is 3.94. The van der Waals surface area contributed by atoms with Gasteiger partial charge in [0.05, 0.1) is 0 Å². The van der Waals surface area contributed by atoms with Crippen molar-refractivity contribution in [1.29, 1.82) is 0 Å². The van der Waals surface area contributed by atoms with Crippen LogP contribution in [0.25, 0.3) is 5.76 Å². The number of rotatable bonds is 2. The van der Waals surface area contributed by atoms with Gasteiger partial charge < -0.3 is 19.5 Å². The number of fused-ring (bicyclic) bond motifs is 1. The molecule has 0 radical (unpaired) electrons. The van der Waals surface area contributed by atoms with Crippen molar-refractivity contribution < 1.29 is 19.4 Å². The molecule has 3 rings (SSSR count). The first-order chi connectivity index (χ1) is 10.2. The molecular formula is C16H19NO4. The van der Waals surface area contributed by atoms with Crippen LogP contribution in [0.15, 0.2) is 30.3 Å². The van der Waals surface area contributed by atoms with Crippen LogP contribution < -0.4 is 0 Å². The van der Waals surface area contributed by atoms with E-state index in [0.29, 0.717) is 19.0 Å². The molecular weight excluding hydrogens is 270 g/mol. The Morgan fingerprint density at radius 3 is 2.81 bits per heavy atom. The van der Waals surface area contributed by atoms with E-state index in [1.807, 2.05) is 24.3 Å². The van der Waals surface area contributed by atoms with Crippen molar-refractivity contribution >= 4 is 11.9 Å². The number of carbonyl (C=O) groups excluding carboxylic acids is 1. The molecule has 1 fully saturated rings. The largest absolute Gasteiger partial charge is 0.415 e. The molecule has 5 nitrogen and oxygen atoms in total.